The maximum absolute atomic E-state index is 4.70. The molecule has 3 rings (SSSR count). The molecule has 0 saturated carbocycles. The zero-order valence-corrected chi connectivity index (χ0v) is 11.3. The van der Waals surface area contributed by atoms with Gasteiger partial charge in [0, 0.05) is 12.2 Å². The molecule has 4 nitrogen and oxygen atoms in total. The predicted octanol–water partition coefficient (Wildman–Crippen LogP) is 2.58. The highest BCUT2D eigenvalue weighted by Crippen LogP contribution is 2.31. The Kier molecular flexibility index (Phi) is 2.82. The lowest BCUT2D eigenvalue weighted by Crippen LogP contribution is -2.30. The Morgan fingerprint density at radius 2 is 2.22 bits per heavy atom. The molecule has 0 aromatic carbocycles. The van der Waals surface area contributed by atoms with E-state index in [-0.39, 0.29) is 0 Å². The fourth-order valence-corrected chi connectivity index (χ4v) is 2.83. The quantitative estimate of drug-likeness (QED) is 0.814. The van der Waals surface area contributed by atoms with E-state index in [1.165, 1.54) is 18.4 Å². The molecule has 1 aliphatic heterocycles. The first kappa shape index (κ1) is 11.7. The highest BCUT2D eigenvalue weighted by atomic mass is 15.3. The molecule has 1 atom stereocenters. The van der Waals surface area contributed by atoms with Crippen LogP contribution in [0.5, 0.6) is 0 Å². The lowest BCUT2D eigenvalue weighted by molar-refractivity contribution is 0.199. The van der Waals surface area contributed by atoms with Crippen LogP contribution in [0.25, 0.3) is 5.65 Å². The third-order valence-electron chi connectivity index (χ3n) is 3.76. The van der Waals surface area contributed by atoms with Gasteiger partial charge < -0.3 is 0 Å². The average molecular weight is 244 g/mol. The van der Waals surface area contributed by atoms with Gasteiger partial charge in [-0.15, -0.1) is 5.10 Å². The first-order valence-corrected chi connectivity index (χ1v) is 6.74. The predicted molar refractivity (Wildman–Crippen MR) is 71.5 cm³/mol. The van der Waals surface area contributed by atoms with Gasteiger partial charge in [0.25, 0.3) is 0 Å². The van der Waals surface area contributed by atoms with E-state index in [4.69, 9.17) is 4.98 Å². The van der Waals surface area contributed by atoms with Gasteiger partial charge in [-0.1, -0.05) is 0 Å². The molecule has 1 saturated heterocycles. The second kappa shape index (κ2) is 4.35. The van der Waals surface area contributed by atoms with Crippen LogP contribution in [0.2, 0.25) is 0 Å². The van der Waals surface area contributed by atoms with E-state index in [0.29, 0.717) is 12.1 Å². The number of likely N-dealkylation sites (tertiary alicyclic amines) is 1. The van der Waals surface area contributed by atoms with Crippen molar-refractivity contribution in [3.8, 4) is 0 Å². The van der Waals surface area contributed by atoms with Gasteiger partial charge in [-0.2, -0.15) is 0 Å². The maximum atomic E-state index is 4.70. The molecule has 1 unspecified atom stereocenters. The SMILES string of the molecule is Cc1ccn2nc(C3CCCN3C(C)C)nc2c1. The summed E-state index contributed by atoms with van der Waals surface area (Å²) in [6.45, 7) is 7.75. The minimum atomic E-state index is 0.394. The Morgan fingerprint density at radius 3 is 3.00 bits per heavy atom. The minimum Gasteiger partial charge on any atom is -0.291 e. The molecule has 2 aromatic heterocycles. The first-order valence-electron chi connectivity index (χ1n) is 6.74. The molecule has 1 fully saturated rings. The van der Waals surface area contributed by atoms with Crippen molar-refractivity contribution >= 4 is 5.65 Å². The monoisotopic (exact) mass is 244 g/mol. The van der Waals surface area contributed by atoms with E-state index in [2.05, 4.69) is 42.9 Å². The van der Waals surface area contributed by atoms with Crippen LogP contribution in [0, 0.1) is 6.92 Å². The van der Waals surface area contributed by atoms with Crippen molar-refractivity contribution in [2.75, 3.05) is 6.54 Å². The van der Waals surface area contributed by atoms with E-state index in [9.17, 15) is 0 Å². The number of fused-ring (bicyclic) bond motifs is 1. The normalized spacial score (nSPS) is 21.2. The number of aryl methyl sites for hydroxylation is 1. The topological polar surface area (TPSA) is 33.4 Å². The van der Waals surface area contributed by atoms with Gasteiger partial charge in [-0.25, -0.2) is 9.50 Å². The van der Waals surface area contributed by atoms with Crippen LogP contribution >= 0.6 is 0 Å². The largest absolute Gasteiger partial charge is 0.291 e. The van der Waals surface area contributed by atoms with Crippen LogP contribution in [0.4, 0.5) is 0 Å². The number of hydrogen-bond acceptors (Lipinski definition) is 3. The molecular weight excluding hydrogens is 224 g/mol. The standard InChI is InChI=1S/C14H20N4/c1-10(2)17-7-4-5-12(17)14-15-13-9-11(3)6-8-18(13)16-14/h6,8-10,12H,4-5,7H2,1-3H3. The highest BCUT2D eigenvalue weighted by molar-refractivity contribution is 5.40. The molecule has 0 spiro atoms. The fraction of sp³-hybridized carbons (Fsp3) is 0.571. The van der Waals surface area contributed by atoms with E-state index < -0.39 is 0 Å². The van der Waals surface area contributed by atoms with Crippen LogP contribution in [0.3, 0.4) is 0 Å². The number of pyridine rings is 1. The molecule has 0 radical (unpaired) electrons. The summed E-state index contributed by atoms with van der Waals surface area (Å²) in [5.41, 5.74) is 2.19. The van der Waals surface area contributed by atoms with Gasteiger partial charge >= 0.3 is 0 Å². The third kappa shape index (κ3) is 1.90. The van der Waals surface area contributed by atoms with E-state index in [0.717, 1.165) is 18.0 Å². The minimum absolute atomic E-state index is 0.394. The number of nitrogens with zero attached hydrogens (tertiary/aromatic N) is 4. The van der Waals surface area contributed by atoms with Crippen molar-refractivity contribution in [2.45, 2.75) is 45.7 Å². The van der Waals surface area contributed by atoms with Crippen LogP contribution in [0.15, 0.2) is 18.3 Å². The fourth-order valence-electron chi connectivity index (χ4n) is 2.83. The molecule has 96 valence electrons. The summed E-state index contributed by atoms with van der Waals surface area (Å²) in [5.74, 6) is 0.979. The van der Waals surface area contributed by atoms with E-state index >= 15 is 0 Å². The Hall–Kier alpha value is -1.42. The van der Waals surface area contributed by atoms with Crippen molar-refractivity contribution < 1.29 is 0 Å². The maximum Gasteiger partial charge on any atom is 0.168 e. The Labute approximate surface area is 108 Å². The Bertz CT molecular complexity index is 558. The summed E-state index contributed by atoms with van der Waals surface area (Å²) in [6.07, 6.45) is 4.42. The van der Waals surface area contributed by atoms with Gasteiger partial charge in [0.05, 0.1) is 6.04 Å². The summed E-state index contributed by atoms with van der Waals surface area (Å²) in [7, 11) is 0. The Balaban J connectivity index is 1.98. The highest BCUT2D eigenvalue weighted by Gasteiger charge is 2.30. The van der Waals surface area contributed by atoms with E-state index in [1.807, 2.05) is 10.7 Å². The molecule has 2 aromatic rings. The van der Waals surface area contributed by atoms with Crippen molar-refractivity contribution in [3.05, 3.63) is 29.7 Å². The van der Waals surface area contributed by atoms with E-state index in [1.54, 1.807) is 0 Å². The first-order chi connectivity index (χ1) is 8.65. The van der Waals surface area contributed by atoms with Crippen molar-refractivity contribution in [3.63, 3.8) is 0 Å². The second-order valence-electron chi connectivity index (χ2n) is 5.47. The van der Waals surface area contributed by atoms with Gasteiger partial charge in [0.15, 0.2) is 11.5 Å². The van der Waals surface area contributed by atoms with Gasteiger partial charge in [0.1, 0.15) is 0 Å². The van der Waals surface area contributed by atoms with Crippen molar-refractivity contribution in [2.24, 2.45) is 0 Å². The van der Waals surface area contributed by atoms with Crippen molar-refractivity contribution in [1.29, 1.82) is 0 Å². The summed E-state index contributed by atoms with van der Waals surface area (Å²) in [5, 5.41) is 4.63. The molecule has 18 heavy (non-hydrogen) atoms. The molecule has 0 amide bonds. The molecule has 4 heteroatoms. The molecule has 3 heterocycles. The van der Waals surface area contributed by atoms with Crippen LogP contribution in [-0.4, -0.2) is 32.1 Å². The molecule has 1 aliphatic rings. The number of aromatic nitrogens is 3. The summed E-state index contributed by atoms with van der Waals surface area (Å²) in [4.78, 5) is 7.20. The summed E-state index contributed by atoms with van der Waals surface area (Å²) < 4.78 is 1.89. The lowest BCUT2D eigenvalue weighted by atomic mass is 10.2. The van der Waals surface area contributed by atoms with Crippen molar-refractivity contribution in [1.82, 2.24) is 19.5 Å². The summed E-state index contributed by atoms with van der Waals surface area (Å²) in [6, 6.07) is 5.11. The smallest absolute Gasteiger partial charge is 0.168 e. The van der Waals surface area contributed by atoms with Gasteiger partial charge in [-0.05, 0) is 57.9 Å². The van der Waals surface area contributed by atoms with Crippen LogP contribution in [0.1, 0.15) is 44.1 Å². The number of rotatable bonds is 2. The second-order valence-corrected chi connectivity index (χ2v) is 5.47. The number of hydrogen-bond donors (Lipinski definition) is 0. The third-order valence-corrected chi connectivity index (χ3v) is 3.76. The summed E-state index contributed by atoms with van der Waals surface area (Å²) >= 11 is 0. The Morgan fingerprint density at radius 1 is 1.39 bits per heavy atom. The zero-order chi connectivity index (χ0) is 12.7. The van der Waals surface area contributed by atoms with Crippen LogP contribution in [-0.2, 0) is 0 Å². The molecule has 0 bridgehead atoms. The zero-order valence-electron chi connectivity index (χ0n) is 11.3. The molecular formula is C14H20N4. The van der Waals surface area contributed by atoms with Gasteiger partial charge in [-0.3, -0.25) is 4.90 Å². The van der Waals surface area contributed by atoms with Gasteiger partial charge in [0.2, 0.25) is 0 Å². The van der Waals surface area contributed by atoms with Crippen LogP contribution < -0.4 is 0 Å². The molecule has 0 aliphatic carbocycles. The lowest BCUT2D eigenvalue weighted by Gasteiger charge is -2.25. The molecule has 0 N–H and O–H groups in total. The average Bonchev–Trinajstić information content (AvgIpc) is 2.93.